The van der Waals surface area contributed by atoms with Gasteiger partial charge < -0.3 is 9.84 Å². The Morgan fingerprint density at radius 2 is 1.84 bits per heavy atom. The summed E-state index contributed by atoms with van der Waals surface area (Å²) in [6, 6.07) is 6.53. The Balaban J connectivity index is 2.12. The number of aromatic carboxylic acids is 1. The zero-order chi connectivity index (χ0) is 18.4. The molecule has 25 heavy (non-hydrogen) atoms. The molecule has 0 bridgehead atoms. The predicted octanol–water partition coefficient (Wildman–Crippen LogP) is 3.63. The van der Waals surface area contributed by atoms with Crippen LogP contribution >= 0.6 is 0 Å². The number of halogens is 3. The highest BCUT2D eigenvalue weighted by Crippen LogP contribution is 2.27. The first-order valence-electron chi connectivity index (χ1n) is 7.12. The van der Waals surface area contributed by atoms with Gasteiger partial charge in [-0.1, -0.05) is 0 Å². The number of pyridine rings is 1. The van der Waals surface area contributed by atoms with Crippen LogP contribution in [0.2, 0.25) is 0 Å². The van der Waals surface area contributed by atoms with Gasteiger partial charge in [0, 0.05) is 5.69 Å². The van der Waals surface area contributed by atoms with Crippen LogP contribution in [0, 0.1) is 13.8 Å². The Hall–Kier alpha value is -3.10. The number of carboxylic acid groups (broad SMARTS) is 1. The number of fused-ring (bicyclic) bond motifs is 1. The van der Waals surface area contributed by atoms with E-state index in [0.29, 0.717) is 28.1 Å². The summed E-state index contributed by atoms with van der Waals surface area (Å²) in [6.45, 7) is 3.29. The molecule has 0 saturated carbocycles. The normalized spacial score (nSPS) is 11.7. The number of aromatic nitrogens is 3. The molecule has 0 fully saturated rings. The number of rotatable bonds is 3. The number of alkyl halides is 3. The lowest BCUT2D eigenvalue weighted by Gasteiger charge is -2.09. The highest BCUT2D eigenvalue weighted by atomic mass is 19.4. The molecule has 2 heterocycles. The number of benzene rings is 1. The monoisotopic (exact) mass is 351 g/mol. The van der Waals surface area contributed by atoms with E-state index in [1.165, 1.54) is 22.9 Å². The molecule has 1 aromatic carbocycles. The highest BCUT2D eigenvalue weighted by Gasteiger charge is 2.31. The Labute approximate surface area is 139 Å². The zero-order valence-corrected chi connectivity index (χ0v) is 13.1. The first kappa shape index (κ1) is 16.7. The smallest absolute Gasteiger partial charge is 0.478 e. The molecule has 9 heteroatoms. The third-order valence-electron chi connectivity index (χ3n) is 3.49. The second-order valence-electron chi connectivity index (χ2n) is 5.35. The molecule has 1 N–H and O–H groups in total. The summed E-state index contributed by atoms with van der Waals surface area (Å²) in [4.78, 5) is 15.8. The van der Waals surface area contributed by atoms with Gasteiger partial charge in [-0.15, -0.1) is 13.2 Å². The molecule has 0 aliphatic carbocycles. The van der Waals surface area contributed by atoms with E-state index in [2.05, 4.69) is 14.8 Å². The average Bonchev–Trinajstić information content (AvgIpc) is 2.82. The van der Waals surface area contributed by atoms with E-state index in [4.69, 9.17) is 0 Å². The zero-order valence-electron chi connectivity index (χ0n) is 13.1. The van der Waals surface area contributed by atoms with Crippen molar-refractivity contribution in [3.8, 4) is 11.4 Å². The third kappa shape index (κ3) is 3.25. The van der Waals surface area contributed by atoms with Crippen LogP contribution in [0.15, 0.2) is 30.3 Å². The summed E-state index contributed by atoms with van der Waals surface area (Å²) in [5.41, 5.74) is 1.77. The van der Waals surface area contributed by atoms with E-state index in [9.17, 15) is 23.1 Å². The number of nitrogens with zero attached hydrogens (tertiary/aromatic N) is 3. The lowest BCUT2D eigenvalue weighted by molar-refractivity contribution is -0.274. The second kappa shape index (κ2) is 5.76. The van der Waals surface area contributed by atoms with Crippen molar-refractivity contribution in [1.29, 1.82) is 0 Å². The third-order valence-corrected chi connectivity index (χ3v) is 3.49. The van der Waals surface area contributed by atoms with Crippen molar-refractivity contribution in [2.75, 3.05) is 0 Å². The summed E-state index contributed by atoms with van der Waals surface area (Å²) in [7, 11) is 0. The minimum atomic E-state index is -4.77. The predicted molar refractivity (Wildman–Crippen MR) is 82.0 cm³/mol. The molecule has 0 aliphatic rings. The van der Waals surface area contributed by atoms with Crippen LogP contribution in [-0.2, 0) is 0 Å². The van der Waals surface area contributed by atoms with Crippen molar-refractivity contribution in [3.05, 3.63) is 47.3 Å². The Kier molecular flexibility index (Phi) is 3.86. The van der Waals surface area contributed by atoms with E-state index >= 15 is 0 Å². The lowest BCUT2D eigenvalue weighted by Crippen LogP contribution is -2.17. The molecule has 0 atom stereocenters. The molecule has 0 amide bonds. The summed E-state index contributed by atoms with van der Waals surface area (Å²) >= 11 is 0. The summed E-state index contributed by atoms with van der Waals surface area (Å²) in [5.74, 6) is -1.47. The van der Waals surface area contributed by atoms with Crippen molar-refractivity contribution in [2.24, 2.45) is 0 Å². The second-order valence-corrected chi connectivity index (χ2v) is 5.35. The standard InChI is InChI=1S/C16H12F3N3O3/c1-8-7-12(15(23)24)13-9(2)21-22(14(13)20-8)10-3-5-11(6-4-10)25-16(17,18)19/h3-7H,1-2H3,(H,23,24). The molecule has 0 spiro atoms. The maximum atomic E-state index is 12.2. The fourth-order valence-electron chi connectivity index (χ4n) is 2.55. The van der Waals surface area contributed by atoms with Gasteiger partial charge in [-0.25, -0.2) is 14.5 Å². The van der Waals surface area contributed by atoms with Crippen molar-refractivity contribution in [1.82, 2.24) is 14.8 Å². The number of carboxylic acids is 1. The first-order chi connectivity index (χ1) is 11.7. The van der Waals surface area contributed by atoms with Crippen LogP contribution in [0.3, 0.4) is 0 Å². The van der Waals surface area contributed by atoms with Gasteiger partial charge in [-0.2, -0.15) is 5.10 Å². The average molecular weight is 351 g/mol. The molecular formula is C16H12F3N3O3. The van der Waals surface area contributed by atoms with Crippen molar-refractivity contribution in [2.45, 2.75) is 20.2 Å². The summed E-state index contributed by atoms with van der Waals surface area (Å²) in [5, 5.41) is 14.0. The quantitative estimate of drug-likeness (QED) is 0.780. The Bertz CT molecular complexity index is 963. The molecule has 3 aromatic rings. The van der Waals surface area contributed by atoms with E-state index in [-0.39, 0.29) is 11.3 Å². The maximum absolute atomic E-state index is 12.2. The van der Waals surface area contributed by atoms with Crippen LogP contribution in [0.1, 0.15) is 21.7 Å². The van der Waals surface area contributed by atoms with Crippen molar-refractivity contribution >= 4 is 17.0 Å². The van der Waals surface area contributed by atoms with E-state index in [1.807, 2.05) is 0 Å². The topological polar surface area (TPSA) is 77.2 Å². The summed E-state index contributed by atoms with van der Waals surface area (Å²) < 4.78 is 41.9. The number of ether oxygens (including phenoxy) is 1. The van der Waals surface area contributed by atoms with E-state index in [1.54, 1.807) is 13.8 Å². The van der Waals surface area contributed by atoms with Gasteiger partial charge in [0.1, 0.15) is 5.75 Å². The SMILES string of the molecule is Cc1cc(C(=O)O)c2c(C)nn(-c3ccc(OC(F)(F)F)cc3)c2n1. The van der Waals surface area contributed by atoms with Crippen molar-refractivity contribution < 1.29 is 27.8 Å². The highest BCUT2D eigenvalue weighted by molar-refractivity contribution is 6.03. The van der Waals surface area contributed by atoms with Gasteiger partial charge in [-0.05, 0) is 44.2 Å². The number of carbonyl (C=O) groups is 1. The van der Waals surface area contributed by atoms with Gasteiger partial charge in [-0.3, -0.25) is 0 Å². The Morgan fingerprint density at radius 1 is 1.20 bits per heavy atom. The molecule has 6 nitrogen and oxygen atoms in total. The molecular weight excluding hydrogens is 339 g/mol. The lowest BCUT2D eigenvalue weighted by atomic mass is 10.1. The number of aryl methyl sites for hydroxylation is 2. The number of hydrogen-bond donors (Lipinski definition) is 1. The minimum Gasteiger partial charge on any atom is -0.478 e. The molecule has 2 aromatic heterocycles. The van der Waals surface area contributed by atoms with Crippen LogP contribution in [-0.4, -0.2) is 32.2 Å². The van der Waals surface area contributed by atoms with Crippen LogP contribution < -0.4 is 4.74 Å². The molecule has 0 radical (unpaired) electrons. The fourth-order valence-corrected chi connectivity index (χ4v) is 2.55. The van der Waals surface area contributed by atoms with Crippen molar-refractivity contribution in [3.63, 3.8) is 0 Å². The fraction of sp³-hybridized carbons (Fsp3) is 0.188. The maximum Gasteiger partial charge on any atom is 0.573 e. The molecule has 0 unspecified atom stereocenters. The molecule has 0 aliphatic heterocycles. The first-order valence-corrected chi connectivity index (χ1v) is 7.12. The van der Waals surface area contributed by atoms with Gasteiger partial charge in [0.25, 0.3) is 0 Å². The van der Waals surface area contributed by atoms with Crippen LogP contribution in [0.25, 0.3) is 16.7 Å². The largest absolute Gasteiger partial charge is 0.573 e. The van der Waals surface area contributed by atoms with E-state index in [0.717, 1.165) is 12.1 Å². The number of hydrogen-bond acceptors (Lipinski definition) is 4. The molecule has 3 rings (SSSR count). The van der Waals surface area contributed by atoms with Gasteiger partial charge in [0.15, 0.2) is 5.65 Å². The van der Waals surface area contributed by atoms with Gasteiger partial charge >= 0.3 is 12.3 Å². The molecule has 130 valence electrons. The van der Waals surface area contributed by atoms with Gasteiger partial charge in [0.05, 0.1) is 22.3 Å². The van der Waals surface area contributed by atoms with E-state index < -0.39 is 12.3 Å². The van der Waals surface area contributed by atoms with Crippen LogP contribution in [0.5, 0.6) is 5.75 Å². The van der Waals surface area contributed by atoms with Crippen LogP contribution in [0.4, 0.5) is 13.2 Å². The minimum absolute atomic E-state index is 0.0725. The van der Waals surface area contributed by atoms with Gasteiger partial charge in [0.2, 0.25) is 0 Å². The summed E-state index contributed by atoms with van der Waals surface area (Å²) in [6.07, 6.45) is -4.77. The Morgan fingerprint density at radius 3 is 2.40 bits per heavy atom. The molecule has 0 saturated heterocycles.